The second kappa shape index (κ2) is 4.13. The molecule has 0 spiro atoms. The predicted molar refractivity (Wildman–Crippen MR) is 44.2 cm³/mol. The quantitative estimate of drug-likeness (QED) is 0.785. The molecule has 0 fully saturated rings. The highest BCUT2D eigenvalue weighted by molar-refractivity contribution is 6.30. The first-order valence-corrected chi connectivity index (χ1v) is 3.90. The van der Waals surface area contributed by atoms with Crippen molar-refractivity contribution in [2.75, 3.05) is 5.23 Å². The van der Waals surface area contributed by atoms with E-state index in [0.717, 1.165) is 18.2 Å². The molecule has 4 nitrogen and oxygen atoms in total. The van der Waals surface area contributed by atoms with Crippen LogP contribution in [0.5, 0.6) is 5.75 Å². The topological polar surface area (TPSA) is 52.9 Å². The lowest BCUT2D eigenvalue weighted by Gasteiger charge is -2.15. The van der Waals surface area contributed by atoms with Crippen LogP contribution in [-0.2, 0) is 0 Å². The number of halogens is 4. The number of ether oxygens (including phenoxy) is 1. The Morgan fingerprint density at radius 2 is 1.87 bits per heavy atom. The van der Waals surface area contributed by atoms with E-state index in [4.69, 9.17) is 22.0 Å². The van der Waals surface area contributed by atoms with Crippen molar-refractivity contribution >= 4 is 17.3 Å². The van der Waals surface area contributed by atoms with E-state index in [-0.39, 0.29) is 5.02 Å². The van der Waals surface area contributed by atoms with Crippen molar-refractivity contribution in [3.05, 3.63) is 23.2 Å². The summed E-state index contributed by atoms with van der Waals surface area (Å²) >= 11 is 5.45. The molecule has 0 atom stereocenters. The summed E-state index contributed by atoms with van der Waals surface area (Å²) in [5, 5.41) is 16.7. The van der Waals surface area contributed by atoms with Gasteiger partial charge in [0, 0.05) is 5.02 Å². The molecule has 0 saturated carbocycles. The number of nitrogens with zero attached hydrogens (tertiary/aromatic N) is 1. The van der Waals surface area contributed by atoms with Crippen LogP contribution in [0.15, 0.2) is 18.2 Å². The fourth-order valence-corrected chi connectivity index (χ4v) is 1.02. The van der Waals surface area contributed by atoms with E-state index in [2.05, 4.69) is 4.74 Å². The van der Waals surface area contributed by atoms with Gasteiger partial charge in [-0.05, 0) is 18.2 Å². The first-order valence-electron chi connectivity index (χ1n) is 3.53. The summed E-state index contributed by atoms with van der Waals surface area (Å²) in [7, 11) is 0. The van der Waals surface area contributed by atoms with Gasteiger partial charge in [-0.25, -0.2) is 0 Å². The van der Waals surface area contributed by atoms with Gasteiger partial charge >= 0.3 is 6.36 Å². The zero-order chi connectivity index (χ0) is 11.6. The average molecular weight is 244 g/mol. The van der Waals surface area contributed by atoms with Gasteiger partial charge in [-0.1, -0.05) is 11.6 Å². The highest BCUT2D eigenvalue weighted by atomic mass is 35.5. The maximum absolute atomic E-state index is 11.8. The van der Waals surface area contributed by atoms with E-state index in [9.17, 15) is 13.2 Å². The molecule has 0 radical (unpaired) electrons. The van der Waals surface area contributed by atoms with Crippen molar-refractivity contribution < 1.29 is 28.3 Å². The zero-order valence-electron chi connectivity index (χ0n) is 6.99. The Balaban J connectivity index is 3.06. The van der Waals surface area contributed by atoms with Crippen molar-refractivity contribution in [1.82, 2.24) is 0 Å². The second-order valence-electron chi connectivity index (χ2n) is 2.45. The van der Waals surface area contributed by atoms with Gasteiger partial charge in [0.1, 0.15) is 5.69 Å². The highest BCUT2D eigenvalue weighted by Gasteiger charge is 2.32. The molecule has 0 amide bonds. The molecule has 1 rings (SSSR count). The van der Waals surface area contributed by atoms with Crippen LogP contribution in [-0.4, -0.2) is 16.8 Å². The molecule has 0 aliphatic rings. The van der Waals surface area contributed by atoms with E-state index in [1.165, 1.54) is 0 Å². The largest absolute Gasteiger partial charge is 0.573 e. The molecule has 2 N–H and O–H groups in total. The number of rotatable bonds is 2. The van der Waals surface area contributed by atoms with Crippen molar-refractivity contribution in [3.63, 3.8) is 0 Å². The molecule has 84 valence electrons. The number of anilines is 1. The Morgan fingerprint density at radius 1 is 1.27 bits per heavy atom. The minimum Gasteiger partial charge on any atom is -0.403 e. The highest BCUT2D eigenvalue weighted by Crippen LogP contribution is 2.33. The SMILES string of the molecule is ON(O)c1cc(Cl)ccc1OC(F)(F)F. The van der Waals surface area contributed by atoms with Crippen LogP contribution in [0, 0.1) is 0 Å². The Kier molecular flexibility index (Phi) is 3.28. The number of alkyl halides is 3. The van der Waals surface area contributed by atoms with Crippen molar-refractivity contribution in [2.24, 2.45) is 0 Å². The lowest BCUT2D eigenvalue weighted by Crippen LogP contribution is -2.20. The molecule has 0 unspecified atom stereocenters. The van der Waals surface area contributed by atoms with Crippen LogP contribution < -0.4 is 9.96 Å². The standard InChI is InChI=1S/C7H5ClF3NO3/c8-4-1-2-6(15-7(9,10)11)5(3-4)12(13)14/h1-3,13-14H. The van der Waals surface area contributed by atoms with Crippen LogP contribution in [0.2, 0.25) is 5.02 Å². The second-order valence-corrected chi connectivity index (χ2v) is 2.89. The monoisotopic (exact) mass is 243 g/mol. The summed E-state index contributed by atoms with van der Waals surface area (Å²) in [5.74, 6) is -0.767. The van der Waals surface area contributed by atoms with E-state index >= 15 is 0 Å². The Bertz CT molecular complexity index is 356. The smallest absolute Gasteiger partial charge is 0.403 e. The van der Waals surface area contributed by atoms with E-state index in [1.807, 2.05) is 0 Å². The van der Waals surface area contributed by atoms with Gasteiger partial charge in [-0.3, -0.25) is 10.4 Å². The van der Waals surface area contributed by atoms with Crippen LogP contribution in [0.25, 0.3) is 0 Å². The van der Waals surface area contributed by atoms with Crippen LogP contribution in [0.4, 0.5) is 18.9 Å². The van der Waals surface area contributed by atoms with Crippen LogP contribution >= 0.6 is 11.6 Å². The summed E-state index contributed by atoms with van der Waals surface area (Å²) in [5.41, 5.74) is -0.611. The number of hydrogen-bond donors (Lipinski definition) is 2. The summed E-state index contributed by atoms with van der Waals surface area (Å²) < 4.78 is 39.1. The predicted octanol–water partition coefficient (Wildman–Crippen LogP) is 2.82. The number of hydrogen-bond acceptors (Lipinski definition) is 4. The third-order valence-corrected chi connectivity index (χ3v) is 1.60. The maximum atomic E-state index is 11.8. The lowest BCUT2D eigenvalue weighted by atomic mass is 10.3. The molecule has 1 aromatic carbocycles. The zero-order valence-corrected chi connectivity index (χ0v) is 7.75. The minimum absolute atomic E-state index is 0.0348. The Morgan fingerprint density at radius 3 is 2.33 bits per heavy atom. The number of benzene rings is 1. The van der Waals surface area contributed by atoms with Crippen molar-refractivity contribution in [1.29, 1.82) is 0 Å². The van der Waals surface area contributed by atoms with E-state index < -0.39 is 23.0 Å². The fourth-order valence-electron chi connectivity index (χ4n) is 0.858. The molecular formula is C7H5ClF3NO3. The maximum Gasteiger partial charge on any atom is 0.573 e. The molecule has 15 heavy (non-hydrogen) atoms. The van der Waals surface area contributed by atoms with Gasteiger partial charge in [-0.15, -0.1) is 18.4 Å². The molecule has 0 bridgehead atoms. The van der Waals surface area contributed by atoms with Crippen LogP contribution in [0.3, 0.4) is 0 Å². The Labute approximate surface area is 87.0 Å². The van der Waals surface area contributed by atoms with Crippen molar-refractivity contribution in [3.8, 4) is 5.75 Å². The van der Waals surface area contributed by atoms with Gasteiger partial charge < -0.3 is 4.74 Å². The molecular weight excluding hydrogens is 239 g/mol. The van der Waals surface area contributed by atoms with Crippen molar-refractivity contribution in [2.45, 2.75) is 6.36 Å². The van der Waals surface area contributed by atoms with Gasteiger partial charge in [0.05, 0.1) is 0 Å². The molecule has 1 aromatic rings. The first-order chi connectivity index (χ1) is 6.79. The third kappa shape index (κ3) is 3.46. The fraction of sp³-hybridized carbons (Fsp3) is 0.143. The molecule has 8 heteroatoms. The minimum atomic E-state index is -4.92. The van der Waals surface area contributed by atoms with Gasteiger partial charge in [0.15, 0.2) is 5.75 Å². The molecule has 0 heterocycles. The van der Waals surface area contributed by atoms with Gasteiger partial charge in [-0.2, -0.15) is 0 Å². The average Bonchev–Trinajstić information content (AvgIpc) is 2.05. The Hall–Kier alpha value is -1.18. The molecule has 0 saturated heterocycles. The summed E-state index contributed by atoms with van der Waals surface area (Å²) in [6, 6.07) is 2.89. The first kappa shape index (κ1) is 11.9. The van der Waals surface area contributed by atoms with Gasteiger partial charge in [0.2, 0.25) is 0 Å². The molecule has 0 aliphatic carbocycles. The summed E-state index contributed by atoms with van der Waals surface area (Å²) in [6.07, 6.45) is -4.92. The summed E-state index contributed by atoms with van der Waals surface area (Å²) in [4.78, 5) is 0. The van der Waals surface area contributed by atoms with Crippen LogP contribution in [0.1, 0.15) is 0 Å². The van der Waals surface area contributed by atoms with E-state index in [0.29, 0.717) is 0 Å². The normalized spacial score (nSPS) is 11.3. The van der Waals surface area contributed by atoms with Gasteiger partial charge in [0.25, 0.3) is 0 Å². The van der Waals surface area contributed by atoms with E-state index in [1.54, 1.807) is 0 Å². The summed E-state index contributed by atoms with van der Waals surface area (Å²) in [6.45, 7) is 0. The lowest BCUT2D eigenvalue weighted by molar-refractivity contribution is -0.274. The molecule has 0 aromatic heterocycles. The molecule has 0 aliphatic heterocycles. The third-order valence-electron chi connectivity index (χ3n) is 1.36.